The molecular formula is C17H13ClN4S. The first kappa shape index (κ1) is 15.5. The average Bonchev–Trinajstić information content (AvgIpc) is 3.14. The molecule has 0 unspecified atom stereocenters. The summed E-state index contributed by atoms with van der Waals surface area (Å²) in [7, 11) is 0. The summed E-state index contributed by atoms with van der Waals surface area (Å²) in [5.41, 5.74) is 5.08. The van der Waals surface area contributed by atoms with E-state index >= 15 is 0 Å². The van der Waals surface area contributed by atoms with Crippen LogP contribution < -0.4 is 0 Å². The Labute approximate surface area is 143 Å². The molecule has 3 rings (SSSR count). The highest BCUT2D eigenvalue weighted by Gasteiger charge is 2.11. The molecule has 114 valence electrons. The number of aromatic amines is 1. The van der Waals surface area contributed by atoms with Crippen LogP contribution in [-0.4, -0.2) is 15.2 Å². The summed E-state index contributed by atoms with van der Waals surface area (Å²) in [6, 6.07) is 9.72. The number of H-pyrrole nitrogens is 1. The molecule has 6 heteroatoms. The molecule has 2 heterocycles. The Hall–Kier alpha value is -2.42. The third-order valence-corrected chi connectivity index (χ3v) is 4.60. The number of benzene rings is 1. The lowest BCUT2D eigenvalue weighted by atomic mass is 10.1. The molecular weight excluding hydrogens is 328 g/mol. The van der Waals surface area contributed by atoms with Crippen LogP contribution in [0.2, 0.25) is 5.02 Å². The molecule has 23 heavy (non-hydrogen) atoms. The minimum absolute atomic E-state index is 0.530. The molecule has 0 saturated heterocycles. The minimum atomic E-state index is 0.530. The summed E-state index contributed by atoms with van der Waals surface area (Å²) in [4.78, 5) is 4.58. The van der Waals surface area contributed by atoms with E-state index in [2.05, 4.69) is 21.3 Å². The number of nitrogens with zero attached hydrogens (tertiary/aromatic N) is 3. The van der Waals surface area contributed by atoms with Crippen LogP contribution in [0.1, 0.15) is 22.0 Å². The lowest BCUT2D eigenvalue weighted by Crippen LogP contribution is -1.84. The van der Waals surface area contributed by atoms with Gasteiger partial charge in [0, 0.05) is 27.2 Å². The fourth-order valence-corrected chi connectivity index (χ4v) is 3.13. The highest BCUT2D eigenvalue weighted by Crippen LogP contribution is 2.28. The zero-order valence-corrected chi connectivity index (χ0v) is 14.2. The van der Waals surface area contributed by atoms with Gasteiger partial charge >= 0.3 is 0 Å². The number of aromatic nitrogens is 3. The normalized spacial score (nSPS) is 11.5. The Bertz CT molecular complexity index is 893. The van der Waals surface area contributed by atoms with Crippen molar-refractivity contribution < 1.29 is 0 Å². The van der Waals surface area contributed by atoms with Gasteiger partial charge in [0.05, 0.1) is 17.0 Å². The van der Waals surface area contributed by atoms with Crippen LogP contribution in [-0.2, 0) is 0 Å². The lowest BCUT2D eigenvalue weighted by Gasteiger charge is -1.97. The average molecular weight is 341 g/mol. The highest BCUT2D eigenvalue weighted by molar-refractivity contribution is 7.11. The summed E-state index contributed by atoms with van der Waals surface area (Å²) < 4.78 is 0. The van der Waals surface area contributed by atoms with Crippen LogP contribution in [0.15, 0.2) is 29.6 Å². The van der Waals surface area contributed by atoms with Gasteiger partial charge in [-0.3, -0.25) is 5.10 Å². The molecule has 0 saturated carbocycles. The number of thiazole rings is 1. The summed E-state index contributed by atoms with van der Waals surface area (Å²) in [6.45, 7) is 3.84. The minimum Gasteiger partial charge on any atom is -0.282 e. The van der Waals surface area contributed by atoms with Crippen molar-refractivity contribution in [2.24, 2.45) is 0 Å². The van der Waals surface area contributed by atoms with Gasteiger partial charge in [0.1, 0.15) is 11.1 Å². The number of hydrogen-bond acceptors (Lipinski definition) is 4. The van der Waals surface area contributed by atoms with Gasteiger partial charge in [-0.1, -0.05) is 23.7 Å². The predicted octanol–water partition coefficient (Wildman–Crippen LogP) is 4.87. The molecule has 1 N–H and O–H groups in total. The molecule has 0 aliphatic carbocycles. The molecule has 1 aromatic carbocycles. The van der Waals surface area contributed by atoms with E-state index in [9.17, 15) is 5.26 Å². The maximum Gasteiger partial charge on any atom is 0.134 e. The largest absolute Gasteiger partial charge is 0.282 e. The van der Waals surface area contributed by atoms with E-state index in [1.165, 1.54) is 11.3 Å². The van der Waals surface area contributed by atoms with Crippen molar-refractivity contribution in [2.75, 3.05) is 0 Å². The molecule has 0 atom stereocenters. The number of aryl methyl sites for hydroxylation is 2. The van der Waals surface area contributed by atoms with Gasteiger partial charge in [-0.25, -0.2) is 4.98 Å². The zero-order valence-electron chi connectivity index (χ0n) is 12.6. The van der Waals surface area contributed by atoms with Gasteiger partial charge in [0.15, 0.2) is 0 Å². The van der Waals surface area contributed by atoms with E-state index in [4.69, 9.17) is 11.6 Å². The van der Waals surface area contributed by atoms with E-state index in [1.807, 2.05) is 49.6 Å². The number of nitriles is 1. The Morgan fingerprint density at radius 3 is 2.65 bits per heavy atom. The van der Waals surface area contributed by atoms with Crippen LogP contribution >= 0.6 is 22.9 Å². The summed E-state index contributed by atoms with van der Waals surface area (Å²) >= 11 is 7.36. The van der Waals surface area contributed by atoms with Crippen molar-refractivity contribution in [1.82, 2.24) is 15.2 Å². The van der Waals surface area contributed by atoms with Crippen LogP contribution in [0.3, 0.4) is 0 Å². The molecule has 4 nitrogen and oxygen atoms in total. The van der Waals surface area contributed by atoms with Crippen molar-refractivity contribution >= 4 is 34.6 Å². The Morgan fingerprint density at radius 2 is 2.04 bits per heavy atom. The molecule has 0 spiro atoms. The first-order valence-electron chi connectivity index (χ1n) is 6.93. The third kappa shape index (κ3) is 3.19. The summed E-state index contributed by atoms with van der Waals surface area (Å²) in [6.07, 6.45) is 1.83. The number of nitrogens with one attached hydrogen (secondary N) is 1. The van der Waals surface area contributed by atoms with Gasteiger partial charge in [0.25, 0.3) is 0 Å². The van der Waals surface area contributed by atoms with Crippen molar-refractivity contribution in [1.29, 1.82) is 5.26 Å². The number of rotatable bonds is 3. The molecule has 0 aliphatic heterocycles. The van der Waals surface area contributed by atoms with Gasteiger partial charge < -0.3 is 0 Å². The van der Waals surface area contributed by atoms with Gasteiger partial charge in [-0.15, -0.1) is 11.3 Å². The van der Waals surface area contributed by atoms with Gasteiger partial charge in [-0.2, -0.15) is 10.4 Å². The van der Waals surface area contributed by atoms with Crippen molar-refractivity contribution in [2.45, 2.75) is 13.8 Å². The van der Waals surface area contributed by atoms with Crippen molar-refractivity contribution in [3.8, 4) is 17.3 Å². The number of allylic oxidation sites excluding steroid dienone is 1. The smallest absolute Gasteiger partial charge is 0.134 e. The standard InChI is InChI=1S/C17H13ClN4S/c1-10-15(11(2)22-21-10)7-13(8-19)17-20-16(9-23-17)12-3-5-14(18)6-4-12/h3-7,9H,1-2H3,(H,21,22). The fourth-order valence-electron chi connectivity index (χ4n) is 2.21. The monoisotopic (exact) mass is 340 g/mol. The second-order valence-corrected chi connectivity index (χ2v) is 6.36. The van der Waals surface area contributed by atoms with Crippen LogP contribution in [0.25, 0.3) is 22.9 Å². The van der Waals surface area contributed by atoms with Crippen LogP contribution in [0, 0.1) is 25.2 Å². The predicted molar refractivity (Wildman–Crippen MR) is 94.1 cm³/mol. The zero-order chi connectivity index (χ0) is 16.4. The SMILES string of the molecule is Cc1n[nH]c(C)c1C=C(C#N)c1nc(-c2ccc(Cl)cc2)cs1. The molecule has 0 aliphatic rings. The molecule has 3 aromatic rings. The third-order valence-electron chi connectivity index (χ3n) is 3.47. The molecule has 0 radical (unpaired) electrons. The van der Waals surface area contributed by atoms with E-state index < -0.39 is 0 Å². The first-order valence-corrected chi connectivity index (χ1v) is 8.19. The van der Waals surface area contributed by atoms with Crippen LogP contribution in [0.4, 0.5) is 0 Å². The Kier molecular flexibility index (Phi) is 4.28. The second-order valence-electron chi connectivity index (χ2n) is 5.06. The maximum absolute atomic E-state index is 9.48. The topological polar surface area (TPSA) is 65.4 Å². The van der Waals surface area contributed by atoms with Crippen molar-refractivity contribution in [3.63, 3.8) is 0 Å². The summed E-state index contributed by atoms with van der Waals surface area (Å²) in [5.74, 6) is 0. The highest BCUT2D eigenvalue weighted by atomic mass is 35.5. The maximum atomic E-state index is 9.48. The van der Waals surface area contributed by atoms with Gasteiger partial charge in [-0.05, 0) is 32.1 Å². The van der Waals surface area contributed by atoms with Crippen molar-refractivity contribution in [3.05, 3.63) is 56.6 Å². The second kappa shape index (κ2) is 6.37. The molecule has 0 fully saturated rings. The van der Waals surface area contributed by atoms with Crippen LogP contribution in [0.5, 0.6) is 0 Å². The Balaban J connectivity index is 1.98. The Morgan fingerprint density at radius 1 is 1.30 bits per heavy atom. The quantitative estimate of drug-likeness (QED) is 0.692. The number of hydrogen-bond donors (Lipinski definition) is 1. The lowest BCUT2D eigenvalue weighted by molar-refractivity contribution is 1.02. The van der Waals surface area contributed by atoms with Gasteiger partial charge in [0.2, 0.25) is 0 Å². The van der Waals surface area contributed by atoms with E-state index in [0.29, 0.717) is 15.6 Å². The fraction of sp³-hybridized carbons (Fsp3) is 0.118. The van der Waals surface area contributed by atoms with E-state index in [-0.39, 0.29) is 0 Å². The van der Waals surface area contributed by atoms with E-state index in [1.54, 1.807) is 0 Å². The molecule has 0 bridgehead atoms. The number of halogens is 1. The molecule has 0 amide bonds. The molecule has 2 aromatic heterocycles. The first-order chi connectivity index (χ1) is 11.1. The summed E-state index contributed by atoms with van der Waals surface area (Å²) in [5, 5.41) is 19.9. The van der Waals surface area contributed by atoms with E-state index in [0.717, 1.165) is 28.2 Å².